The van der Waals surface area contributed by atoms with Gasteiger partial charge in [-0.3, -0.25) is 9.88 Å². The van der Waals surface area contributed by atoms with Crippen LogP contribution in [0.25, 0.3) is 0 Å². The number of rotatable bonds is 6. The Morgan fingerprint density at radius 1 is 1.40 bits per heavy atom. The summed E-state index contributed by atoms with van der Waals surface area (Å²) in [5, 5.41) is 9.16. The molecular weight excluding hydrogens is 214 g/mol. The Bertz CT molecular complexity index is 279. The normalized spacial score (nSPS) is 10.9. The molecule has 0 aliphatic rings. The first-order valence-electron chi connectivity index (χ1n) is 5.06. The van der Waals surface area contributed by atoms with E-state index < -0.39 is 0 Å². The van der Waals surface area contributed by atoms with Gasteiger partial charge in [0.05, 0.1) is 18.1 Å². The van der Waals surface area contributed by atoms with Crippen molar-refractivity contribution in [2.45, 2.75) is 19.9 Å². The quantitative estimate of drug-likeness (QED) is 0.800. The highest BCUT2D eigenvalue weighted by Crippen LogP contribution is 2.04. The maximum Gasteiger partial charge on any atom is 0.147 e. The van der Waals surface area contributed by atoms with Crippen LogP contribution in [0.3, 0.4) is 0 Å². The third-order valence-electron chi connectivity index (χ3n) is 2.14. The van der Waals surface area contributed by atoms with Gasteiger partial charge in [0, 0.05) is 19.7 Å². The summed E-state index contributed by atoms with van der Waals surface area (Å²) in [6.07, 6.45) is 4.02. The molecule has 5 heteroatoms. The lowest BCUT2D eigenvalue weighted by molar-refractivity contribution is 0.223. The summed E-state index contributed by atoms with van der Waals surface area (Å²) in [5.41, 5.74) is 0.902. The van der Waals surface area contributed by atoms with Crippen LogP contribution in [-0.2, 0) is 6.54 Å². The van der Waals surface area contributed by atoms with Crippen LogP contribution in [-0.4, -0.2) is 39.7 Å². The Balaban J connectivity index is 2.47. The molecule has 4 nitrogen and oxygen atoms in total. The highest BCUT2D eigenvalue weighted by atomic mass is 35.5. The fourth-order valence-corrected chi connectivity index (χ4v) is 1.39. The molecule has 0 spiro atoms. The fraction of sp³-hybridized carbons (Fsp3) is 0.600. The SMILES string of the molecule is CCN(CCCO)Cc1cnc(Cl)cn1. The van der Waals surface area contributed by atoms with Crippen molar-refractivity contribution in [1.82, 2.24) is 14.9 Å². The molecule has 0 aliphatic carbocycles. The third-order valence-corrected chi connectivity index (χ3v) is 2.33. The summed E-state index contributed by atoms with van der Waals surface area (Å²) < 4.78 is 0. The molecular formula is C10H16ClN3O. The number of halogens is 1. The minimum Gasteiger partial charge on any atom is -0.396 e. The van der Waals surface area contributed by atoms with Crippen LogP contribution in [0.15, 0.2) is 12.4 Å². The molecule has 0 atom stereocenters. The van der Waals surface area contributed by atoms with Gasteiger partial charge in [0.1, 0.15) is 5.15 Å². The summed E-state index contributed by atoms with van der Waals surface area (Å²) in [7, 11) is 0. The number of aliphatic hydroxyl groups is 1. The monoisotopic (exact) mass is 229 g/mol. The van der Waals surface area contributed by atoms with Crippen LogP contribution in [0.2, 0.25) is 5.15 Å². The molecule has 1 aromatic rings. The molecule has 0 saturated carbocycles. The van der Waals surface area contributed by atoms with Crippen LogP contribution < -0.4 is 0 Å². The lowest BCUT2D eigenvalue weighted by Crippen LogP contribution is -2.25. The highest BCUT2D eigenvalue weighted by molar-refractivity contribution is 6.29. The van der Waals surface area contributed by atoms with Gasteiger partial charge in [-0.25, -0.2) is 4.98 Å². The Morgan fingerprint density at radius 3 is 2.73 bits per heavy atom. The van der Waals surface area contributed by atoms with Crippen molar-refractivity contribution >= 4 is 11.6 Å². The van der Waals surface area contributed by atoms with Crippen molar-refractivity contribution in [2.75, 3.05) is 19.7 Å². The zero-order valence-electron chi connectivity index (χ0n) is 8.86. The standard InChI is InChI=1S/C10H16ClN3O/c1-2-14(4-3-5-15)8-9-6-13-10(11)7-12-9/h6-7,15H,2-5,8H2,1H3. The molecule has 84 valence electrons. The van der Waals surface area contributed by atoms with Gasteiger partial charge in [-0.05, 0) is 13.0 Å². The maximum atomic E-state index is 8.74. The van der Waals surface area contributed by atoms with E-state index in [0.29, 0.717) is 5.15 Å². The van der Waals surface area contributed by atoms with Crippen molar-refractivity contribution < 1.29 is 5.11 Å². The summed E-state index contributed by atoms with van der Waals surface area (Å²) in [6.45, 7) is 4.87. The predicted molar refractivity (Wildman–Crippen MR) is 59.7 cm³/mol. The first-order valence-corrected chi connectivity index (χ1v) is 5.43. The molecule has 0 unspecified atom stereocenters. The smallest absolute Gasteiger partial charge is 0.147 e. The van der Waals surface area contributed by atoms with E-state index >= 15 is 0 Å². The van der Waals surface area contributed by atoms with E-state index in [1.54, 1.807) is 12.4 Å². The molecule has 1 N–H and O–H groups in total. The molecule has 0 fully saturated rings. The van der Waals surface area contributed by atoms with Crippen LogP contribution in [0.4, 0.5) is 0 Å². The number of hydrogen-bond donors (Lipinski definition) is 1. The first kappa shape index (κ1) is 12.4. The molecule has 1 aromatic heterocycles. The first-order chi connectivity index (χ1) is 7.26. The summed E-state index contributed by atoms with van der Waals surface area (Å²) in [4.78, 5) is 10.4. The minimum atomic E-state index is 0.225. The number of aromatic nitrogens is 2. The molecule has 0 amide bonds. The molecule has 0 aliphatic heterocycles. The van der Waals surface area contributed by atoms with Gasteiger partial charge >= 0.3 is 0 Å². The lowest BCUT2D eigenvalue weighted by Gasteiger charge is -2.18. The van der Waals surface area contributed by atoms with Crippen molar-refractivity contribution in [2.24, 2.45) is 0 Å². The number of aliphatic hydroxyl groups excluding tert-OH is 1. The summed E-state index contributed by atoms with van der Waals surface area (Å²) in [6, 6.07) is 0. The van der Waals surface area contributed by atoms with Gasteiger partial charge in [0.2, 0.25) is 0 Å². The van der Waals surface area contributed by atoms with E-state index in [0.717, 1.165) is 31.7 Å². The van der Waals surface area contributed by atoms with Crippen molar-refractivity contribution in [3.05, 3.63) is 23.2 Å². The summed E-state index contributed by atoms with van der Waals surface area (Å²) in [5.74, 6) is 0. The second-order valence-corrected chi connectivity index (χ2v) is 3.66. The van der Waals surface area contributed by atoms with Crippen LogP contribution in [0.1, 0.15) is 19.0 Å². The van der Waals surface area contributed by atoms with Gasteiger partial charge in [0.15, 0.2) is 0 Å². The molecule has 0 saturated heterocycles. The van der Waals surface area contributed by atoms with Crippen molar-refractivity contribution in [3.63, 3.8) is 0 Å². The molecule has 0 bridgehead atoms. The second-order valence-electron chi connectivity index (χ2n) is 3.28. The van der Waals surface area contributed by atoms with Crippen molar-refractivity contribution in [3.8, 4) is 0 Å². The zero-order valence-corrected chi connectivity index (χ0v) is 9.61. The van der Waals surface area contributed by atoms with E-state index in [1.165, 1.54) is 0 Å². The number of nitrogens with zero attached hydrogens (tertiary/aromatic N) is 3. The Kier molecular flexibility index (Phi) is 5.53. The van der Waals surface area contributed by atoms with E-state index in [9.17, 15) is 0 Å². The van der Waals surface area contributed by atoms with E-state index in [-0.39, 0.29) is 6.61 Å². The van der Waals surface area contributed by atoms with Gasteiger partial charge in [-0.2, -0.15) is 0 Å². The average molecular weight is 230 g/mol. The van der Waals surface area contributed by atoms with E-state index in [4.69, 9.17) is 16.7 Å². The van der Waals surface area contributed by atoms with E-state index in [2.05, 4.69) is 21.8 Å². The maximum absolute atomic E-state index is 8.74. The van der Waals surface area contributed by atoms with Gasteiger partial charge in [0.25, 0.3) is 0 Å². The van der Waals surface area contributed by atoms with Gasteiger partial charge < -0.3 is 5.11 Å². The van der Waals surface area contributed by atoms with Crippen LogP contribution in [0, 0.1) is 0 Å². The highest BCUT2D eigenvalue weighted by Gasteiger charge is 2.04. The topological polar surface area (TPSA) is 49.2 Å². The Hall–Kier alpha value is -0.710. The third kappa shape index (κ3) is 4.55. The minimum absolute atomic E-state index is 0.225. The van der Waals surface area contributed by atoms with E-state index in [1.807, 2.05) is 0 Å². The molecule has 0 aromatic carbocycles. The Morgan fingerprint density at radius 2 is 2.20 bits per heavy atom. The average Bonchev–Trinajstić information content (AvgIpc) is 2.27. The fourth-order valence-electron chi connectivity index (χ4n) is 1.29. The van der Waals surface area contributed by atoms with Crippen molar-refractivity contribution in [1.29, 1.82) is 0 Å². The van der Waals surface area contributed by atoms with Gasteiger partial charge in [-0.15, -0.1) is 0 Å². The second kappa shape index (κ2) is 6.71. The number of hydrogen-bond acceptors (Lipinski definition) is 4. The molecule has 0 radical (unpaired) electrons. The van der Waals surface area contributed by atoms with Crippen LogP contribution in [0.5, 0.6) is 0 Å². The predicted octanol–water partition coefficient (Wildman–Crippen LogP) is 1.33. The van der Waals surface area contributed by atoms with Crippen LogP contribution >= 0.6 is 11.6 Å². The van der Waals surface area contributed by atoms with Gasteiger partial charge in [-0.1, -0.05) is 18.5 Å². The largest absolute Gasteiger partial charge is 0.396 e. The zero-order chi connectivity index (χ0) is 11.1. The summed E-state index contributed by atoms with van der Waals surface area (Å²) >= 11 is 5.65. The Labute approximate surface area is 94.9 Å². The molecule has 1 heterocycles. The lowest BCUT2D eigenvalue weighted by atomic mass is 10.3. The molecule has 1 rings (SSSR count). The molecule has 15 heavy (non-hydrogen) atoms.